The SMILES string of the molecule is CCC1(NC(=O)C2CCc3c(-c4cccc(OC(F)F)c4)nn(C(C)C)c3C2)CC(=S)C1. The van der Waals surface area contributed by atoms with Crippen molar-refractivity contribution in [1.29, 1.82) is 0 Å². The number of hydrogen-bond donors (Lipinski definition) is 1. The van der Waals surface area contributed by atoms with Crippen molar-refractivity contribution < 1.29 is 18.3 Å². The number of nitrogens with one attached hydrogen (secondary N) is 1. The lowest BCUT2D eigenvalue weighted by Crippen LogP contribution is -2.58. The Morgan fingerprint density at radius 1 is 1.38 bits per heavy atom. The number of amides is 1. The van der Waals surface area contributed by atoms with Gasteiger partial charge >= 0.3 is 6.61 Å². The van der Waals surface area contributed by atoms with E-state index < -0.39 is 6.61 Å². The average Bonchev–Trinajstić information content (AvgIpc) is 3.11. The molecule has 0 radical (unpaired) electrons. The Morgan fingerprint density at radius 3 is 2.75 bits per heavy atom. The molecule has 1 aromatic heterocycles. The molecule has 0 bridgehead atoms. The predicted molar refractivity (Wildman–Crippen MR) is 123 cm³/mol. The molecule has 1 unspecified atom stereocenters. The number of carbonyl (C=O) groups excluding carboxylic acids is 1. The Labute approximate surface area is 192 Å². The molecule has 1 atom stereocenters. The summed E-state index contributed by atoms with van der Waals surface area (Å²) in [6.45, 7) is 3.33. The monoisotopic (exact) mass is 461 g/mol. The second-order valence-corrected chi connectivity index (χ2v) is 9.75. The van der Waals surface area contributed by atoms with E-state index in [0.717, 1.165) is 53.1 Å². The van der Waals surface area contributed by atoms with Gasteiger partial charge in [0.2, 0.25) is 5.91 Å². The number of aromatic nitrogens is 2. The average molecular weight is 462 g/mol. The van der Waals surface area contributed by atoms with Crippen LogP contribution in [0.3, 0.4) is 0 Å². The molecule has 2 aliphatic rings. The molecule has 2 aromatic rings. The standard InChI is InChI=1S/C24H29F2N3O2S/c1-4-24(12-18(32)13-24)27-22(30)16-8-9-19-20(11-16)29(14(2)3)28-21(19)15-6-5-7-17(10-15)31-23(25)26/h5-7,10,14,16,23H,4,8-9,11-13H2,1-3H3,(H,27,30). The van der Waals surface area contributed by atoms with Crippen molar-refractivity contribution in [3.05, 3.63) is 35.5 Å². The van der Waals surface area contributed by atoms with Crippen molar-refractivity contribution in [2.45, 2.75) is 77.5 Å². The van der Waals surface area contributed by atoms with Crippen LogP contribution in [0, 0.1) is 5.92 Å². The minimum Gasteiger partial charge on any atom is -0.435 e. The summed E-state index contributed by atoms with van der Waals surface area (Å²) >= 11 is 5.27. The topological polar surface area (TPSA) is 56.1 Å². The molecule has 0 saturated heterocycles. The molecule has 0 aliphatic heterocycles. The third kappa shape index (κ3) is 4.42. The van der Waals surface area contributed by atoms with Gasteiger partial charge in [0.15, 0.2) is 0 Å². The van der Waals surface area contributed by atoms with Crippen LogP contribution < -0.4 is 10.1 Å². The van der Waals surface area contributed by atoms with Gasteiger partial charge in [-0.2, -0.15) is 13.9 Å². The number of ether oxygens (including phenoxy) is 1. The smallest absolute Gasteiger partial charge is 0.387 e. The van der Waals surface area contributed by atoms with Gasteiger partial charge in [-0.15, -0.1) is 0 Å². The molecule has 0 spiro atoms. The maximum absolute atomic E-state index is 13.1. The molecular formula is C24H29F2N3O2S. The number of rotatable bonds is 7. The summed E-state index contributed by atoms with van der Waals surface area (Å²) in [7, 11) is 0. The highest BCUT2D eigenvalue weighted by atomic mass is 32.1. The predicted octanol–water partition coefficient (Wildman–Crippen LogP) is 5.27. The van der Waals surface area contributed by atoms with Crippen LogP contribution in [-0.4, -0.2) is 32.7 Å². The first kappa shape index (κ1) is 22.8. The Morgan fingerprint density at radius 2 is 2.12 bits per heavy atom. The molecule has 1 aromatic carbocycles. The van der Waals surface area contributed by atoms with E-state index in [2.05, 4.69) is 30.8 Å². The van der Waals surface area contributed by atoms with Gasteiger partial charge in [-0.05, 0) is 50.1 Å². The molecule has 1 saturated carbocycles. The maximum atomic E-state index is 13.1. The van der Waals surface area contributed by atoms with E-state index in [4.69, 9.17) is 17.3 Å². The third-order valence-electron chi connectivity index (χ3n) is 6.63. The van der Waals surface area contributed by atoms with Crippen LogP contribution in [-0.2, 0) is 17.6 Å². The lowest BCUT2D eigenvalue weighted by atomic mass is 9.74. The number of hydrogen-bond acceptors (Lipinski definition) is 4. The van der Waals surface area contributed by atoms with Gasteiger partial charge in [-0.25, -0.2) is 0 Å². The van der Waals surface area contributed by atoms with Gasteiger partial charge in [0.1, 0.15) is 5.75 Å². The molecule has 8 heteroatoms. The van der Waals surface area contributed by atoms with Crippen LogP contribution in [0.5, 0.6) is 5.75 Å². The minimum absolute atomic E-state index is 0.0883. The summed E-state index contributed by atoms with van der Waals surface area (Å²) < 4.78 is 31.9. The molecule has 172 valence electrons. The minimum atomic E-state index is -2.87. The van der Waals surface area contributed by atoms with E-state index in [9.17, 15) is 13.6 Å². The lowest BCUT2D eigenvalue weighted by molar-refractivity contribution is -0.127. The highest BCUT2D eigenvalue weighted by molar-refractivity contribution is 7.80. The van der Waals surface area contributed by atoms with E-state index in [0.29, 0.717) is 12.8 Å². The van der Waals surface area contributed by atoms with Gasteiger partial charge < -0.3 is 10.1 Å². The molecule has 2 aliphatic carbocycles. The molecule has 1 N–H and O–H groups in total. The van der Waals surface area contributed by atoms with E-state index in [-0.39, 0.29) is 29.2 Å². The lowest BCUT2D eigenvalue weighted by Gasteiger charge is -2.43. The first-order valence-electron chi connectivity index (χ1n) is 11.2. The van der Waals surface area contributed by atoms with Gasteiger partial charge in [-0.3, -0.25) is 9.48 Å². The third-order valence-corrected chi connectivity index (χ3v) is 6.92. The van der Waals surface area contributed by atoms with Crippen molar-refractivity contribution in [1.82, 2.24) is 15.1 Å². The number of alkyl halides is 2. The van der Waals surface area contributed by atoms with Crippen LogP contribution in [0.2, 0.25) is 0 Å². The summed E-state index contributed by atoms with van der Waals surface area (Å²) in [5, 5.41) is 8.11. The number of carbonyl (C=O) groups is 1. The fourth-order valence-corrected chi connectivity index (χ4v) is 5.39. The first-order valence-corrected chi connectivity index (χ1v) is 11.6. The molecule has 32 heavy (non-hydrogen) atoms. The van der Waals surface area contributed by atoms with Gasteiger partial charge in [-0.1, -0.05) is 31.3 Å². The van der Waals surface area contributed by atoms with Crippen molar-refractivity contribution in [3.8, 4) is 17.0 Å². The van der Waals surface area contributed by atoms with Crippen LogP contribution in [0.1, 0.15) is 63.8 Å². The van der Waals surface area contributed by atoms with Crippen molar-refractivity contribution in [3.63, 3.8) is 0 Å². The molecule has 1 heterocycles. The largest absolute Gasteiger partial charge is 0.435 e. The number of thiocarbonyl (C=S) groups is 1. The quantitative estimate of drug-likeness (QED) is 0.571. The zero-order chi connectivity index (χ0) is 23.0. The van der Waals surface area contributed by atoms with Crippen molar-refractivity contribution in [2.75, 3.05) is 0 Å². The van der Waals surface area contributed by atoms with Gasteiger partial charge in [0.05, 0.1) is 5.69 Å². The Balaban J connectivity index is 1.59. The Kier molecular flexibility index (Phi) is 6.34. The Bertz CT molecular complexity index is 1030. The molecule has 1 fully saturated rings. The Hall–Kier alpha value is -2.35. The summed E-state index contributed by atoms with van der Waals surface area (Å²) in [6.07, 6.45) is 4.51. The highest BCUT2D eigenvalue weighted by Crippen LogP contribution is 2.38. The van der Waals surface area contributed by atoms with Gasteiger partial charge in [0.25, 0.3) is 0 Å². The first-order chi connectivity index (χ1) is 15.2. The number of nitrogens with zero attached hydrogens (tertiary/aromatic N) is 2. The molecule has 4 rings (SSSR count). The van der Waals surface area contributed by atoms with E-state index in [1.165, 1.54) is 6.07 Å². The molecule has 5 nitrogen and oxygen atoms in total. The van der Waals surface area contributed by atoms with Crippen LogP contribution in [0.25, 0.3) is 11.3 Å². The second kappa shape index (κ2) is 8.89. The van der Waals surface area contributed by atoms with Crippen LogP contribution >= 0.6 is 12.2 Å². The fourth-order valence-electron chi connectivity index (χ4n) is 4.83. The number of halogens is 2. The second-order valence-electron chi connectivity index (χ2n) is 9.17. The highest BCUT2D eigenvalue weighted by Gasteiger charge is 2.42. The molecule has 1 amide bonds. The normalized spacial score (nSPS) is 19.6. The zero-order valence-corrected chi connectivity index (χ0v) is 19.5. The molecular weight excluding hydrogens is 432 g/mol. The number of fused-ring (bicyclic) bond motifs is 1. The van der Waals surface area contributed by atoms with Gasteiger partial charge in [0, 0.05) is 53.6 Å². The summed E-state index contributed by atoms with van der Waals surface area (Å²) in [5.41, 5.74) is 3.49. The van der Waals surface area contributed by atoms with E-state index >= 15 is 0 Å². The van der Waals surface area contributed by atoms with Crippen molar-refractivity contribution >= 4 is 23.0 Å². The number of benzene rings is 1. The van der Waals surface area contributed by atoms with Crippen LogP contribution in [0.4, 0.5) is 8.78 Å². The summed E-state index contributed by atoms with van der Waals surface area (Å²) in [4.78, 5) is 14.1. The fraction of sp³-hybridized carbons (Fsp3) is 0.542. The van der Waals surface area contributed by atoms with E-state index in [1.54, 1.807) is 12.1 Å². The summed E-state index contributed by atoms with van der Waals surface area (Å²) in [5.74, 6) is 0.0859. The van der Waals surface area contributed by atoms with E-state index in [1.807, 2.05) is 10.7 Å². The zero-order valence-electron chi connectivity index (χ0n) is 18.7. The van der Waals surface area contributed by atoms with Crippen LogP contribution in [0.15, 0.2) is 24.3 Å². The summed E-state index contributed by atoms with van der Waals surface area (Å²) in [6, 6.07) is 6.78. The maximum Gasteiger partial charge on any atom is 0.387 e. The van der Waals surface area contributed by atoms with Crippen molar-refractivity contribution in [2.24, 2.45) is 5.92 Å².